The molecule has 0 aliphatic heterocycles. The van der Waals surface area contributed by atoms with E-state index >= 15 is 0 Å². The molecule has 0 bridgehead atoms. The Kier molecular flexibility index (Phi) is 4.48. The molecule has 2 aromatic rings. The minimum atomic E-state index is -0.491. The van der Waals surface area contributed by atoms with Crippen LogP contribution in [0.5, 0.6) is 0 Å². The summed E-state index contributed by atoms with van der Waals surface area (Å²) in [6.07, 6.45) is 0. The third-order valence-corrected chi connectivity index (χ3v) is 3.16. The summed E-state index contributed by atoms with van der Waals surface area (Å²) in [5.41, 5.74) is 0.834. The summed E-state index contributed by atoms with van der Waals surface area (Å²) in [5, 5.41) is 8.66. The maximum Gasteiger partial charge on any atom is 0.327 e. The molecule has 0 amide bonds. The van der Waals surface area contributed by atoms with Gasteiger partial charge in [0.25, 0.3) is 5.56 Å². The fourth-order valence-corrected chi connectivity index (χ4v) is 2.03. The number of hydrogen-bond acceptors (Lipinski definition) is 6. The summed E-state index contributed by atoms with van der Waals surface area (Å²) in [7, 11) is 3.61. The molecule has 2 rings (SSSR count). The summed E-state index contributed by atoms with van der Waals surface area (Å²) in [6.45, 7) is 5.77. The highest BCUT2D eigenvalue weighted by Gasteiger charge is 2.18. The predicted molar refractivity (Wildman–Crippen MR) is 82.3 cm³/mol. The van der Waals surface area contributed by atoms with Crippen LogP contribution < -0.4 is 10.5 Å². The second kappa shape index (κ2) is 6.17. The summed E-state index contributed by atoms with van der Waals surface area (Å²) in [5.74, 6) is 0.174. The van der Waals surface area contributed by atoms with E-state index in [-0.39, 0.29) is 24.6 Å². The van der Waals surface area contributed by atoms with Crippen molar-refractivity contribution in [1.29, 1.82) is 0 Å². The first-order valence-electron chi connectivity index (χ1n) is 7.18. The highest BCUT2D eigenvalue weighted by Crippen LogP contribution is 2.16. The average molecular weight is 307 g/mol. The van der Waals surface area contributed by atoms with Crippen LogP contribution in [0.25, 0.3) is 5.52 Å². The molecule has 0 atom stereocenters. The van der Waals surface area contributed by atoms with Crippen LogP contribution in [0.2, 0.25) is 0 Å². The van der Waals surface area contributed by atoms with Gasteiger partial charge in [0, 0.05) is 14.1 Å². The van der Waals surface area contributed by atoms with Crippen molar-refractivity contribution < 1.29 is 9.53 Å². The van der Waals surface area contributed by atoms with Crippen LogP contribution in [-0.4, -0.2) is 46.1 Å². The van der Waals surface area contributed by atoms with Gasteiger partial charge >= 0.3 is 5.97 Å². The molecule has 0 radical (unpaired) electrons. The number of rotatable bonds is 5. The van der Waals surface area contributed by atoms with Crippen molar-refractivity contribution in [2.24, 2.45) is 0 Å². The molecular weight excluding hydrogens is 286 g/mol. The Balaban J connectivity index is 2.61. The lowest BCUT2D eigenvalue weighted by molar-refractivity contribution is -0.144. The fourth-order valence-electron chi connectivity index (χ4n) is 2.03. The smallest absolute Gasteiger partial charge is 0.327 e. The minimum Gasteiger partial charge on any atom is -0.465 e. The van der Waals surface area contributed by atoms with E-state index in [4.69, 9.17) is 4.74 Å². The lowest BCUT2D eigenvalue weighted by atomic mass is 10.1. The standard InChI is InChI=1S/C14H21N5O3/c1-6-22-12(20)8-18-13(21)11-7-10(9(2)3)15-19(11)14(16-18)17(4)5/h7,9H,6,8H2,1-5H3. The molecule has 120 valence electrons. The van der Waals surface area contributed by atoms with Crippen LogP contribution in [0.1, 0.15) is 32.4 Å². The van der Waals surface area contributed by atoms with E-state index in [1.807, 2.05) is 13.8 Å². The van der Waals surface area contributed by atoms with E-state index in [1.54, 1.807) is 32.0 Å². The zero-order valence-corrected chi connectivity index (χ0v) is 13.5. The maximum absolute atomic E-state index is 12.5. The van der Waals surface area contributed by atoms with Gasteiger partial charge in [-0.1, -0.05) is 13.8 Å². The number of fused-ring (bicyclic) bond motifs is 1. The second-order valence-corrected chi connectivity index (χ2v) is 5.48. The highest BCUT2D eigenvalue weighted by molar-refractivity contribution is 5.69. The number of carbonyl (C=O) groups excluding carboxylic acids is 1. The monoisotopic (exact) mass is 307 g/mol. The van der Waals surface area contributed by atoms with E-state index in [9.17, 15) is 9.59 Å². The first kappa shape index (κ1) is 16.0. The Morgan fingerprint density at radius 3 is 2.59 bits per heavy atom. The molecule has 0 N–H and O–H groups in total. The Hall–Kier alpha value is -2.38. The van der Waals surface area contributed by atoms with Crippen LogP contribution in [-0.2, 0) is 16.1 Å². The highest BCUT2D eigenvalue weighted by atomic mass is 16.5. The SMILES string of the molecule is CCOC(=O)Cn1nc(N(C)C)n2nc(C(C)C)cc2c1=O. The van der Waals surface area contributed by atoms with Crippen molar-refractivity contribution in [3.8, 4) is 0 Å². The number of esters is 1. The van der Waals surface area contributed by atoms with Gasteiger partial charge in [-0.3, -0.25) is 9.59 Å². The Labute approximate surface area is 128 Å². The van der Waals surface area contributed by atoms with Crippen LogP contribution >= 0.6 is 0 Å². The molecule has 2 heterocycles. The van der Waals surface area contributed by atoms with Gasteiger partial charge in [0.2, 0.25) is 5.95 Å². The van der Waals surface area contributed by atoms with Crippen molar-refractivity contribution in [2.45, 2.75) is 33.2 Å². The van der Waals surface area contributed by atoms with E-state index in [0.29, 0.717) is 11.5 Å². The number of nitrogens with zero attached hydrogens (tertiary/aromatic N) is 5. The molecule has 0 fully saturated rings. The lowest BCUT2D eigenvalue weighted by Gasteiger charge is -2.14. The molecule has 8 heteroatoms. The minimum absolute atomic E-state index is 0.188. The van der Waals surface area contributed by atoms with E-state index in [1.165, 1.54) is 4.52 Å². The number of carbonyl (C=O) groups is 1. The molecule has 0 spiro atoms. The molecule has 2 aromatic heterocycles. The summed E-state index contributed by atoms with van der Waals surface area (Å²) in [4.78, 5) is 25.9. The summed E-state index contributed by atoms with van der Waals surface area (Å²) < 4.78 is 7.51. The van der Waals surface area contributed by atoms with Crippen LogP contribution in [0.15, 0.2) is 10.9 Å². The first-order chi connectivity index (χ1) is 10.3. The second-order valence-electron chi connectivity index (χ2n) is 5.48. The Bertz CT molecular complexity index is 745. The van der Waals surface area contributed by atoms with Gasteiger partial charge in [-0.15, -0.1) is 5.10 Å². The first-order valence-corrected chi connectivity index (χ1v) is 7.18. The molecule has 0 aromatic carbocycles. The average Bonchev–Trinajstić information content (AvgIpc) is 2.87. The topological polar surface area (TPSA) is 81.7 Å². The van der Waals surface area contributed by atoms with Crippen molar-refractivity contribution >= 4 is 17.4 Å². The number of anilines is 1. The summed E-state index contributed by atoms with van der Waals surface area (Å²) in [6, 6.07) is 1.74. The zero-order valence-electron chi connectivity index (χ0n) is 13.5. The number of hydrogen-bond donors (Lipinski definition) is 0. The van der Waals surface area contributed by atoms with Gasteiger partial charge in [-0.2, -0.15) is 9.61 Å². The zero-order chi connectivity index (χ0) is 16.4. The van der Waals surface area contributed by atoms with Gasteiger partial charge in [-0.25, -0.2) is 4.68 Å². The van der Waals surface area contributed by atoms with Crippen molar-refractivity contribution in [2.75, 3.05) is 25.6 Å². The van der Waals surface area contributed by atoms with E-state index in [2.05, 4.69) is 10.2 Å². The predicted octanol–water partition coefficient (Wildman–Crippen LogP) is 0.643. The normalized spacial score (nSPS) is 11.2. The van der Waals surface area contributed by atoms with Gasteiger partial charge in [0.15, 0.2) is 0 Å². The maximum atomic E-state index is 12.5. The quantitative estimate of drug-likeness (QED) is 0.754. The van der Waals surface area contributed by atoms with Crippen molar-refractivity contribution in [3.63, 3.8) is 0 Å². The molecule has 0 aliphatic carbocycles. The lowest BCUT2D eigenvalue weighted by Crippen LogP contribution is -2.32. The molecule has 0 saturated heterocycles. The molecule has 0 unspecified atom stereocenters. The third-order valence-electron chi connectivity index (χ3n) is 3.16. The third kappa shape index (κ3) is 2.95. The molecule has 0 saturated carbocycles. The van der Waals surface area contributed by atoms with Gasteiger partial charge < -0.3 is 9.64 Å². The fraction of sp³-hybridized carbons (Fsp3) is 0.571. The van der Waals surface area contributed by atoms with E-state index < -0.39 is 5.97 Å². The number of aromatic nitrogens is 4. The molecular formula is C14H21N5O3. The van der Waals surface area contributed by atoms with Crippen molar-refractivity contribution in [1.82, 2.24) is 19.4 Å². The Morgan fingerprint density at radius 1 is 1.36 bits per heavy atom. The summed E-state index contributed by atoms with van der Waals surface area (Å²) >= 11 is 0. The van der Waals surface area contributed by atoms with Gasteiger partial charge in [0.05, 0.1) is 12.3 Å². The van der Waals surface area contributed by atoms with Gasteiger partial charge in [-0.05, 0) is 18.9 Å². The Morgan fingerprint density at radius 2 is 2.05 bits per heavy atom. The largest absolute Gasteiger partial charge is 0.465 e. The van der Waals surface area contributed by atoms with E-state index in [0.717, 1.165) is 10.4 Å². The molecule has 8 nitrogen and oxygen atoms in total. The molecule has 0 aliphatic rings. The molecule has 22 heavy (non-hydrogen) atoms. The van der Waals surface area contributed by atoms with Crippen LogP contribution in [0, 0.1) is 0 Å². The number of ether oxygens (including phenoxy) is 1. The van der Waals surface area contributed by atoms with Crippen LogP contribution in [0.3, 0.4) is 0 Å². The van der Waals surface area contributed by atoms with Crippen molar-refractivity contribution in [3.05, 3.63) is 22.1 Å². The van der Waals surface area contributed by atoms with Crippen LogP contribution in [0.4, 0.5) is 5.95 Å². The van der Waals surface area contributed by atoms with Gasteiger partial charge in [0.1, 0.15) is 12.1 Å².